The zero-order valence-corrected chi connectivity index (χ0v) is 15.9. The molecule has 1 saturated carbocycles. The van der Waals surface area contributed by atoms with Gasteiger partial charge in [-0.2, -0.15) is 0 Å². The maximum atomic E-state index is 11.9. The second kappa shape index (κ2) is 6.36. The van der Waals surface area contributed by atoms with Gasteiger partial charge in [0, 0.05) is 5.56 Å². The summed E-state index contributed by atoms with van der Waals surface area (Å²) < 4.78 is 5.26. The molecule has 1 fully saturated rings. The van der Waals surface area contributed by atoms with E-state index < -0.39 is 11.7 Å². The van der Waals surface area contributed by atoms with Crippen molar-refractivity contribution in [1.82, 2.24) is 9.97 Å². The molecular weight excluding hydrogens is 346 g/mol. The van der Waals surface area contributed by atoms with Crippen LogP contribution in [0.25, 0.3) is 21.6 Å². The molecule has 0 unspecified atom stereocenters. The molecule has 0 aliphatic heterocycles. The molecule has 4 rings (SSSR count). The molecule has 3 aromatic rings. The zero-order valence-electron chi connectivity index (χ0n) is 15.1. The second-order valence-corrected chi connectivity index (χ2v) is 8.54. The van der Waals surface area contributed by atoms with Crippen LogP contribution < -0.4 is 5.32 Å². The van der Waals surface area contributed by atoms with Crippen molar-refractivity contribution in [1.29, 1.82) is 0 Å². The van der Waals surface area contributed by atoms with Crippen LogP contribution in [0.5, 0.6) is 0 Å². The molecule has 0 bridgehead atoms. The summed E-state index contributed by atoms with van der Waals surface area (Å²) in [5.74, 6) is 0.752. The number of pyridine rings is 1. The Morgan fingerprint density at radius 3 is 2.50 bits per heavy atom. The van der Waals surface area contributed by atoms with Gasteiger partial charge in [0.1, 0.15) is 15.9 Å². The van der Waals surface area contributed by atoms with Crippen LogP contribution in [0, 0.1) is 0 Å². The van der Waals surface area contributed by atoms with Crippen molar-refractivity contribution in [3.63, 3.8) is 0 Å². The predicted octanol–water partition coefficient (Wildman–Crippen LogP) is 5.58. The lowest BCUT2D eigenvalue weighted by Gasteiger charge is -2.18. The third kappa shape index (κ3) is 3.85. The van der Waals surface area contributed by atoms with Crippen LogP contribution in [0.3, 0.4) is 0 Å². The molecule has 1 aromatic carbocycles. The summed E-state index contributed by atoms with van der Waals surface area (Å²) in [7, 11) is 0. The molecule has 2 aromatic heterocycles. The molecule has 134 valence electrons. The molecule has 0 radical (unpaired) electrons. The number of amides is 1. The van der Waals surface area contributed by atoms with E-state index in [9.17, 15) is 4.79 Å². The Morgan fingerprint density at radius 1 is 1.12 bits per heavy atom. The largest absolute Gasteiger partial charge is 0.444 e. The summed E-state index contributed by atoms with van der Waals surface area (Å²) >= 11 is 1.34. The normalized spacial score (nSPS) is 14.4. The van der Waals surface area contributed by atoms with Crippen molar-refractivity contribution in [2.75, 3.05) is 5.32 Å². The van der Waals surface area contributed by atoms with Crippen LogP contribution in [0.1, 0.15) is 45.1 Å². The van der Waals surface area contributed by atoms with Gasteiger partial charge in [-0.05, 0) is 57.2 Å². The van der Waals surface area contributed by atoms with Gasteiger partial charge in [0.05, 0.1) is 5.69 Å². The van der Waals surface area contributed by atoms with E-state index in [4.69, 9.17) is 9.72 Å². The first kappa shape index (κ1) is 17.0. The van der Waals surface area contributed by atoms with Gasteiger partial charge in [-0.15, -0.1) is 0 Å². The monoisotopic (exact) mass is 367 g/mol. The first-order chi connectivity index (χ1) is 12.4. The molecule has 1 aliphatic rings. The summed E-state index contributed by atoms with van der Waals surface area (Å²) in [6.45, 7) is 5.48. The van der Waals surface area contributed by atoms with Gasteiger partial charge in [0.15, 0.2) is 5.13 Å². The standard InChI is InChI=1S/C20H21N3O2S/c1-20(2,3)25-19(24)23-18-22-16-11-10-15(21-17(16)26-18)14-8-6-13(7-9-14)12-4-5-12/h6-12H,4-5H2,1-3H3,(H,22,23,24). The summed E-state index contributed by atoms with van der Waals surface area (Å²) in [6, 6.07) is 12.5. The topological polar surface area (TPSA) is 64.1 Å². The number of carbonyl (C=O) groups is 1. The molecule has 1 N–H and O–H groups in total. The minimum absolute atomic E-state index is 0.489. The lowest BCUT2D eigenvalue weighted by atomic mass is 10.1. The van der Waals surface area contributed by atoms with Crippen molar-refractivity contribution < 1.29 is 9.53 Å². The van der Waals surface area contributed by atoms with E-state index >= 15 is 0 Å². The minimum Gasteiger partial charge on any atom is -0.444 e. The van der Waals surface area contributed by atoms with Gasteiger partial charge in [-0.25, -0.2) is 14.8 Å². The number of benzene rings is 1. The molecule has 0 atom stereocenters. The zero-order chi connectivity index (χ0) is 18.3. The quantitative estimate of drug-likeness (QED) is 0.656. The van der Waals surface area contributed by atoms with E-state index in [1.165, 1.54) is 29.7 Å². The Morgan fingerprint density at radius 2 is 1.85 bits per heavy atom. The molecule has 1 aliphatic carbocycles. The third-order valence-electron chi connectivity index (χ3n) is 4.12. The average Bonchev–Trinajstić information content (AvgIpc) is 3.33. The fraction of sp³-hybridized carbons (Fsp3) is 0.350. The number of aromatic nitrogens is 2. The average molecular weight is 367 g/mol. The van der Waals surface area contributed by atoms with Gasteiger partial charge in [0.2, 0.25) is 0 Å². The maximum absolute atomic E-state index is 11.9. The van der Waals surface area contributed by atoms with Gasteiger partial charge in [0.25, 0.3) is 0 Å². The molecule has 6 heteroatoms. The Hall–Kier alpha value is -2.47. The number of hydrogen-bond donors (Lipinski definition) is 1. The van der Waals surface area contributed by atoms with E-state index in [0.717, 1.165) is 27.5 Å². The lowest BCUT2D eigenvalue weighted by molar-refractivity contribution is 0.0636. The van der Waals surface area contributed by atoms with E-state index in [1.807, 2.05) is 32.9 Å². The number of anilines is 1. The Kier molecular flexibility index (Phi) is 4.15. The number of fused-ring (bicyclic) bond motifs is 1. The number of nitrogens with zero attached hydrogens (tertiary/aromatic N) is 2. The SMILES string of the molecule is CC(C)(C)OC(=O)Nc1nc2ccc(-c3ccc(C4CC4)cc3)nc2s1. The molecule has 5 nitrogen and oxygen atoms in total. The van der Waals surface area contributed by atoms with E-state index in [2.05, 4.69) is 34.6 Å². The van der Waals surface area contributed by atoms with E-state index in [1.54, 1.807) is 0 Å². The summed E-state index contributed by atoms with van der Waals surface area (Å²) in [5.41, 5.74) is 3.63. The second-order valence-electron chi connectivity index (χ2n) is 7.56. The first-order valence-electron chi connectivity index (χ1n) is 8.75. The first-order valence-corrected chi connectivity index (χ1v) is 9.57. The number of nitrogens with one attached hydrogen (secondary N) is 1. The number of carbonyl (C=O) groups excluding carboxylic acids is 1. The Balaban J connectivity index is 1.54. The van der Waals surface area contributed by atoms with Crippen molar-refractivity contribution in [2.45, 2.75) is 45.1 Å². The highest BCUT2D eigenvalue weighted by Crippen LogP contribution is 2.40. The molecule has 26 heavy (non-hydrogen) atoms. The van der Waals surface area contributed by atoms with Crippen LogP contribution in [0.15, 0.2) is 36.4 Å². The highest BCUT2D eigenvalue weighted by atomic mass is 32.1. The maximum Gasteiger partial charge on any atom is 0.413 e. The fourth-order valence-corrected chi connectivity index (χ4v) is 3.59. The van der Waals surface area contributed by atoms with Crippen molar-refractivity contribution >= 4 is 32.9 Å². The minimum atomic E-state index is -0.543. The van der Waals surface area contributed by atoms with Crippen LogP contribution in [-0.2, 0) is 4.74 Å². The number of hydrogen-bond acceptors (Lipinski definition) is 5. The molecule has 1 amide bonds. The van der Waals surface area contributed by atoms with Crippen molar-refractivity contribution in [3.05, 3.63) is 42.0 Å². The van der Waals surface area contributed by atoms with Gasteiger partial charge in [-0.1, -0.05) is 35.6 Å². The van der Waals surface area contributed by atoms with Crippen LogP contribution in [0.2, 0.25) is 0 Å². The smallest absolute Gasteiger partial charge is 0.413 e. The van der Waals surface area contributed by atoms with Crippen LogP contribution in [0.4, 0.5) is 9.93 Å². The van der Waals surface area contributed by atoms with Gasteiger partial charge in [-0.3, -0.25) is 5.32 Å². The number of thiazole rings is 1. The Bertz CT molecular complexity index is 953. The number of rotatable bonds is 3. The van der Waals surface area contributed by atoms with E-state index in [0.29, 0.717) is 5.13 Å². The van der Waals surface area contributed by atoms with Crippen LogP contribution >= 0.6 is 11.3 Å². The molecule has 2 heterocycles. The summed E-state index contributed by atoms with van der Waals surface area (Å²) in [6.07, 6.45) is 2.10. The lowest BCUT2D eigenvalue weighted by Crippen LogP contribution is -2.27. The van der Waals surface area contributed by atoms with Gasteiger partial charge < -0.3 is 4.74 Å². The van der Waals surface area contributed by atoms with Crippen molar-refractivity contribution in [3.8, 4) is 11.3 Å². The van der Waals surface area contributed by atoms with Crippen LogP contribution in [-0.4, -0.2) is 21.7 Å². The summed E-state index contributed by atoms with van der Waals surface area (Å²) in [4.78, 5) is 21.8. The fourth-order valence-electron chi connectivity index (χ4n) is 2.76. The molecule has 0 saturated heterocycles. The van der Waals surface area contributed by atoms with E-state index in [-0.39, 0.29) is 0 Å². The summed E-state index contributed by atoms with van der Waals surface area (Å²) in [5, 5.41) is 3.17. The molecular formula is C20H21N3O2S. The Labute approximate surface area is 156 Å². The highest BCUT2D eigenvalue weighted by Gasteiger charge is 2.23. The predicted molar refractivity (Wildman–Crippen MR) is 105 cm³/mol. The van der Waals surface area contributed by atoms with Gasteiger partial charge >= 0.3 is 6.09 Å². The number of ether oxygens (including phenoxy) is 1. The highest BCUT2D eigenvalue weighted by molar-refractivity contribution is 7.21. The molecule has 0 spiro atoms. The van der Waals surface area contributed by atoms with Crippen molar-refractivity contribution in [2.24, 2.45) is 0 Å². The third-order valence-corrected chi connectivity index (χ3v) is 5.00.